The van der Waals surface area contributed by atoms with Crippen molar-refractivity contribution in [2.45, 2.75) is 13.3 Å². The Morgan fingerprint density at radius 3 is 2.88 bits per heavy atom. The minimum atomic E-state index is 0.944. The first-order valence-corrected chi connectivity index (χ1v) is 2.94. The minimum absolute atomic E-state index is 0.944. The van der Waals surface area contributed by atoms with Crippen LogP contribution in [0.3, 0.4) is 0 Å². The van der Waals surface area contributed by atoms with E-state index >= 15 is 0 Å². The van der Waals surface area contributed by atoms with E-state index in [1.807, 2.05) is 4.81 Å². The van der Waals surface area contributed by atoms with Gasteiger partial charge in [0.15, 0.2) is 7.98 Å². The summed E-state index contributed by atoms with van der Waals surface area (Å²) < 4.78 is 0. The zero-order chi connectivity index (χ0) is 5.98. The molecule has 0 aromatic rings. The molecule has 2 heteroatoms. The van der Waals surface area contributed by atoms with Crippen LogP contribution >= 0.6 is 0 Å². The minimum Gasteiger partial charge on any atom is -0.350 e. The highest BCUT2D eigenvalue weighted by molar-refractivity contribution is 6.04. The van der Waals surface area contributed by atoms with E-state index in [0.29, 0.717) is 0 Å². The predicted molar refractivity (Wildman–Crippen MR) is 35.7 cm³/mol. The summed E-state index contributed by atoms with van der Waals surface area (Å²) in [4.78, 5) is 1.84. The standard InChI is InChI=1S/C6H10BN/c1-6-3-2-4-8(7)5-6/h3H,2,4-5H2,1H3. The normalized spacial score (nSPS) is 22.9. The molecule has 2 radical (unpaired) electrons. The third-order valence-corrected chi connectivity index (χ3v) is 1.36. The summed E-state index contributed by atoms with van der Waals surface area (Å²) in [6, 6.07) is 0. The average molecular weight is 107 g/mol. The monoisotopic (exact) mass is 107 g/mol. The topological polar surface area (TPSA) is 3.24 Å². The number of rotatable bonds is 0. The van der Waals surface area contributed by atoms with Crippen LogP contribution in [0.15, 0.2) is 11.6 Å². The molecule has 0 amide bonds. The Balaban J connectivity index is 2.45. The summed E-state index contributed by atoms with van der Waals surface area (Å²) in [6.07, 6.45) is 3.35. The molecular weight excluding hydrogens is 96.9 g/mol. The van der Waals surface area contributed by atoms with E-state index in [2.05, 4.69) is 13.0 Å². The summed E-state index contributed by atoms with van der Waals surface area (Å²) in [7, 11) is 5.52. The van der Waals surface area contributed by atoms with Crippen LogP contribution in [0.25, 0.3) is 0 Å². The van der Waals surface area contributed by atoms with Gasteiger partial charge in [-0.25, -0.2) is 0 Å². The molecule has 0 saturated carbocycles. The highest BCUT2D eigenvalue weighted by Gasteiger charge is 2.01. The zero-order valence-corrected chi connectivity index (χ0v) is 5.22. The van der Waals surface area contributed by atoms with Gasteiger partial charge in [0.2, 0.25) is 0 Å². The lowest BCUT2D eigenvalue weighted by Crippen LogP contribution is -2.26. The molecule has 1 aliphatic heterocycles. The van der Waals surface area contributed by atoms with E-state index in [-0.39, 0.29) is 0 Å². The first-order valence-electron chi connectivity index (χ1n) is 2.94. The second-order valence-electron chi connectivity index (χ2n) is 2.31. The van der Waals surface area contributed by atoms with Gasteiger partial charge in [0.25, 0.3) is 0 Å². The van der Waals surface area contributed by atoms with Crippen LogP contribution in [-0.2, 0) is 0 Å². The maximum atomic E-state index is 5.52. The lowest BCUT2D eigenvalue weighted by molar-refractivity contribution is 0.476. The van der Waals surface area contributed by atoms with Crippen molar-refractivity contribution in [3.63, 3.8) is 0 Å². The van der Waals surface area contributed by atoms with E-state index in [4.69, 9.17) is 7.98 Å². The van der Waals surface area contributed by atoms with Gasteiger partial charge in [-0.3, -0.25) is 0 Å². The van der Waals surface area contributed by atoms with E-state index in [1.165, 1.54) is 5.57 Å². The fourth-order valence-corrected chi connectivity index (χ4v) is 0.941. The van der Waals surface area contributed by atoms with Gasteiger partial charge in [0.1, 0.15) is 0 Å². The van der Waals surface area contributed by atoms with Gasteiger partial charge in [0.05, 0.1) is 0 Å². The molecule has 1 heterocycles. The Bertz CT molecular complexity index is 109. The third kappa shape index (κ3) is 1.37. The molecular formula is C6H10BN. The van der Waals surface area contributed by atoms with Crippen LogP contribution in [0, 0.1) is 0 Å². The molecule has 0 fully saturated rings. The van der Waals surface area contributed by atoms with Crippen molar-refractivity contribution in [3.05, 3.63) is 11.6 Å². The van der Waals surface area contributed by atoms with Crippen LogP contribution < -0.4 is 0 Å². The highest BCUT2D eigenvalue weighted by atomic mass is 15.0. The molecule has 0 spiro atoms. The van der Waals surface area contributed by atoms with Gasteiger partial charge in [-0.2, -0.15) is 0 Å². The quantitative estimate of drug-likeness (QED) is 0.325. The molecule has 1 nitrogen and oxygen atoms in total. The van der Waals surface area contributed by atoms with Gasteiger partial charge >= 0.3 is 0 Å². The number of hydrogen-bond acceptors (Lipinski definition) is 1. The third-order valence-electron chi connectivity index (χ3n) is 1.36. The van der Waals surface area contributed by atoms with Gasteiger partial charge in [0, 0.05) is 6.54 Å². The molecule has 42 valence electrons. The SMILES string of the molecule is [B]N1CCC=C(C)C1. The molecule has 0 unspecified atom stereocenters. The second kappa shape index (κ2) is 2.36. The van der Waals surface area contributed by atoms with Crippen LogP contribution in [0.1, 0.15) is 13.3 Å². The molecule has 0 bridgehead atoms. The van der Waals surface area contributed by atoms with Crippen LogP contribution in [0.4, 0.5) is 0 Å². The Morgan fingerprint density at radius 2 is 2.50 bits per heavy atom. The van der Waals surface area contributed by atoms with Crippen molar-refractivity contribution in [1.29, 1.82) is 0 Å². The summed E-state index contributed by atoms with van der Waals surface area (Å²) >= 11 is 0. The zero-order valence-electron chi connectivity index (χ0n) is 5.22. The molecule has 8 heavy (non-hydrogen) atoms. The van der Waals surface area contributed by atoms with Crippen molar-refractivity contribution >= 4 is 7.98 Å². The molecule has 0 aliphatic carbocycles. The second-order valence-corrected chi connectivity index (χ2v) is 2.31. The molecule has 0 N–H and O–H groups in total. The Morgan fingerprint density at radius 1 is 1.75 bits per heavy atom. The van der Waals surface area contributed by atoms with Gasteiger partial charge in [-0.15, -0.1) is 0 Å². The predicted octanol–water partition coefficient (Wildman–Crippen LogP) is 0.722. The van der Waals surface area contributed by atoms with E-state index in [0.717, 1.165) is 19.5 Å². The fraction of sp³-hybridized carbons (Fsp3) is 0.667. The molecule has 0 atom stereocenters. The summed E-state index contributed by atoms with van der Waals surface area (Å²) in [6.45, 7) is 4.07. The van der Waals surface area contributed by atoms with Gasteiger partial charge < -0.3 is 4.81 Å². The lowest BCUT2D eigenvalue weighted by Gasteiger charge is -2.20. The first-order chi connectivity index (χ1) is 3.79. The Hall–Kier alpha value is -0.235. The number of nitrogens with zero attached hydrogens (tertiary/aromatic N) is 1. The molecule has 1 rings (SSSR count). The largest absolute Gasteiger partial charge is 0.350 e. The molecule has 1 aliphatic rings. The van der Waals surface area contributed by atoms with Crippen molar-refractivity contribution in [2.75, 3.05) is 13.1 Å². The average Bonchev–Trinajstić information content (AvgIpc) is 1.64. The van der Waals surface area contributed by atoms with Gasteiger partial charge in [-0.1, -0.05) is 11.6 Å². The smallest absolute Gasteiger partial charge is 0.182 e. The van der Waals surface area contributed by atoms with Crippen molar-refractivity contribution in [3.8, 4) is 0 Å². The van der Waals surface area contributed by atoms with E-state index < -0.39 is 0 Å². The van der Waals surface area contributed by atoms with Gasteiger partial charge in [-0.05, 0) is 19.9 Å². The van der Waals surface area contributed by atoms with Crippen LogP contribution in [0.2, 0.25) is 0 Å². The van der Waals surface area contributed by atoms with Crippen molar-refractivity contribution in [2.24, 2.45) is 0 Å². The van der Waals surface area contributed by atoms with Crippen LogP contribution in [0.5, 0.6) is 0 Å². The Kier molecular flexibility index (Phi) is 1.74. The molecule has 0 saturated heterocycles. The number of hydrogen-bond donors (Lipinski definition) is 0. The molecule has 0 aromatic heterocycles. The first kappa shape index (κ1) is 5.89. The Labute approximate surface area is 51.8 Å². The van der Waals surface area contributed by atoms with Crippen molar-refractivity contribution in [1.82, 2.24) is 4.81 Å². The fourth-order valence-electron chi connectivity index (χ4n) is 0.941. The maximum Gasteiger partial charge on any atom is 0.182 e. The van der Waals surface area contributed by atoms with Crippen molar-refractivity contribution < 1.29 is 0 Å². The highest BCUT2D eigenvalue weighted by Crippen LogP contribution is 2.04. The lowest BCUT2D eigenvalue weighted by atomic mass is 10.1. The van der Waals surface area contributed by atoms with E-state index in [1.54, 1.807) is 0 Å². The van der Waals surface area contributed by atoms with Crippen LogP contribution in [-0.4, -0.2) is 25.9 Å². The maximum absolute atomic E-state index is 5.52. The summed E-state index contributed by atoms with van der Waals surface area (Å²) in [5.74, 6) is 0. The summed E-state index contributed by atoms with van der Waals surface area (Å²) in [5.41, 5.74) is 1.39. The van der Waals surface area contributed by atoms with E-state index in [9.17, 15) is 0 Å². The molecule has 0 aromatic carbocycles. The summed E-state index contributed by atoms with van der Waals surface area (Å²) in [5, 5.41) is 0.